The largest absolute Gasteiger partial charge is 3.00 e. The Labute approximate surface area is 231 Å². The topological polar surface area (TPSA) is 250 Å². The third kappa shape index (κ3) is 11.1. The van der Waals surface area contributed by atoms with Crippen molar-refractivity contribution in [1.82, 2.24) is 0 Å². The molecule has 3 rings (SSSR count). The first kappa shape index (κ1) is 32.4. The van der Waals surface area contributed by atoms with Crippen LogP contribution in [0.1, 0.15) is 31.1 Å². The maximum atomic E-state index is 10.2. The van der Waals surface area contributed by atoms with E-state index in [1.807, 2.05) is 0 Å². The molecular formula is C21H12N3O12Y. The van der Waals surface area contributed by atoms with Crippen LogP contribution >= 0.6 is 0 Å². The van der Waals surface area contributed by atoms with Crippen LogP contribution in [0.25, 0.3) is 0 Å². The number of carbonyl (C=O) groups is 3. The predicted molar refractivity (Wildman–Crippen MR) is 112 cm³/mol. The van der Waals surface area contributed by atoms with Gasteiger partial charge >= 0.3 is 32.7 Å². The van der Waals surface area contributed by atoms with E-state index in [2.05, 4.69) is 0 Å². The van der Waals surface area contributed by atoms with Crippen molar-refractivity contribution in [1.29, 1.82) is 0 Å². The van der Waals surface area contributed by atoms with Crippen LogP contribution in [-0.4, -0.2) is 32.7 Å². The summed E-state index contributed by atoms with van der Waals surface area (Å²) in [4.78, 5) is 59.2. The first-order valence-electron chi connectivity index (χ1n) is 9.21. The van der Waals surface area contributed by atoms with Gasteiger partial charge in [-0.1, -0.05) is 36.4 Å². The number of benzene rings is 3. The average molecular weight is 587 g/mol. The summed E-state index contributed by atoms with van der Waals surface area (Å²) < 4.78 is 0. The quantitative estimate of drug-likeness (QED) is 0.270. The van der Waals surface area contributed by atoms with E-state index >= 15 is 0 Å². The number of nitro groups is 3. The Morgan fingerprint density at radius 1 is 0.486 bits per heavy atom. The van der Waals surface area contributed by atoms with Gasteiger partial charge in [-0.25, -0.2) is 0 Å². The zero-order valence-corrected chi connectivity index (χ0v) is 21.1. The fourth-order valence-corrected chi connectivity index (χ4v) is 2.24. The van der Waals surface area contributed by atoms with Gasteiger partial charge < -0.3 is 29.7 Å². The van der Waals surface area contributed by atoms with Gasteiger partial charge in [0.1, 0.15) is 0 Å². The number of hydrogen-bond donors (Lipinski definition) is 0. The number of hydrogen-bond acceptors (Lipinski definition) is 12. The first-order chi connectivity index (χ1) is 16.8. The monoisotopic (exact) mass is 587 g/mol. The van der Waals surface area contributed by atoms with Crippen molar-refractivity contribution in [3.63, 3.8) is 0 Å². The third-order valence-corrected chi connectivity index (χ3v) is 3.88. The minimum atomic E-state index is -1.42. The molecule has 0 radical (unpaired) electrons. The van der Waals surface area contributed by atoms with Gasteiger partial charge in [-0.05, 0) is 0 Å². The molecule has 0 bridgehead atoms. The van der Waals surface area contributed by atoms with Gasteiger partial charge in [-0.2, -0.15) is 0 Å². The number of non-ortho nitro benzene ring substituents is 3. The van der Waals surface area contributed by atoms with Gasteiger partial charge in [-0.3, -0.25) is 30.3 Å². The molecule has 0 aliphatic carbocycles. The summed E-state index contributed by atoms with van der Waals surface area (Å²) in [6.07, 6.45) is 0. The molecule has 3 aromatic carbocycles. The van der Waals surface area contributed by atoms with Gasteiger partial charge in [-0.15, -0.1) is 0 Å². The van der Waals surface area contributed by atoms with E-state index in [1.54, 1.807) is 0 Å². The number of nitro benzene ring substituents is 3. The first-order valence-corrected chi connectivity index (χ1v) is 9.21. The molecule has 0 heterocycles. The van der Waals surface area contributed by atoms with Crippen molar-refractivity contribution < 1.29 is 77.2 Å². The van der Waals surface area contributed by atoms with Gasteiger partial charge in [0.05, 0.1) is 32.7 Å². The molecule has 3 aromatic rings. The Bertz CT molecular complexity index is 1080. The van der Waals surface area contributed by atoms with Crippen molar-refractivity contribution in [2.24, 2.45) is 0 Å². The van der Waals surface area contributed by atoms with Gasteiger partial charge in [0.2, 0.25) is 0 Å². The maximum Gasteiger partial charge on any atom is 3.00 e. The van der Waals surface area contributed by atoms with E-state index < -0.39 is 32.7 Å². The van der Waals surface area contributed by atoms with Crippen molar-refractivity contribution in [2.75, 3.05) is 0 Å². The molecule has 0 saturated heterocycles. The second-order valence-electron chi connectivity index (χ2n) is 6.28. The van der Waals surface area contributed by atoms with Gasteiger partial charge in [0.25, 0.3) is 17.1 Å². The van der Waals surface area contributed by atoms with Crippen molar-refractivity contribution >= 4 is 35.0 Å². The number of carboxylic acids is 3. The molecular weight excluding hydrogens is 575 g/mol. The van der Waals surface area contributed by atoms with Gasteiger partial charge in [0.15, 0.2) is 0 Å². The zero-order valence-electron chi connectivity index (χ0n) is 18.2. The van der Waals surface area contributed by atoms with Crippen molar-refractivity contribution in [3.8, 4) is 0 Å². The Morgan fingerprint density at radius 2 is 0.703 bits per heavy atom. The fourth-order valence-electron chi connectivity index (χ4n) is 2.24. The Kier molecular flexibility index (Phi) is 13.5. The summed E-state index contributed by atoms with van der Waals surface area (Å²) >= 11 is 0. The molecule has 0 spiro atoms. The van der Waals surface area contributed by atoms with Crippen molar-refractivity contribution in [3.05, 3.63) is 120 Å². The Morgan fingerprint density at radius 3 is 0.865 bits per heavy atom. The van der Waals surface area contributed by atoms with E-state index in [4.69, 9.17) is 0 Å². The molecule has 0 unspecified atom stereocenters. The van der Waals surface area contributed by atoms with Crippen LogP contribution in [0.15, 0.2) is 72.8 Å². The SMILES string of the molecule is O=C([O-])c1cccc([N+](=O)[O-])c1.O=C([O-])c1cccc([N+](=O)[O-])c1.O=C([O-])c1cccc([N+](=O)[O-])c1.[Y+3]. The smallest absolute Gasteiger partial charge is 0.545 e. The number of carbonyl (C=O) groups excluding carboxylic acids is 3. The molecule has 0 fully saturated rings. The number of carboxylic acid groups (broad SMARTS) is 3. The zero-order chi connectivity index (χ0) is 27.4. The normalized spacial score (nSPS) is 9.08. The van der Waals surface area contributed by atoms with E-state index in [9.17, 15) is 60.0 Å². The second kappa shape index (κ2) is 15.4. The maximum absolute atomic E-state index is 10.2. The Balaban J connectivity index is 0.000000518. The van der Waals surface area contributed by atoms with E-state index in [-0.39, 0.29) is 66.5 Å². The summed E-state index contributed by atoms with van der Waals surface area (Å²) in [7, 11) is 0. The molecule has 0 aromatic heterocycles. The summed E-state index contributed by atoms with van der Waals surface area (Å²) in [6, 6.07) is 14.1. The van der Waals surface area contributed by atoms with Crippen LogP contribution < -0.4 is 15.3 Å². The van der Waals surface area contributed by atoms with Crippen LogP contribution in [0.2, 0.25) is 0 Å². The predicted octanol–water partition coefficient (Wildman–Crippen LogP) is -0.128. The summed E-state index contributed by atoms with van der Waals surface area (Å²) in [5, 5.41) is 61.2. The minimum absolute atomic E-state index is 0. The number of rotatable bonds is 6. The molecule has 16 heteroatoms. The number of nitrogens with zero attached hydrogens (tertiary/aromatic N) is 3. The van der Waals surface area contributed by atoms with Crippen LogP contribution in [0, 0.1) is 30.3 Å². The Hall–Kier alpha value is -4.63. The molecule has 15 nitrogen and oxygen atoms in total. The van der Waals surface area contributed by atoms with Gasteiger partial charge in [0, 0.05) is 53.1 Å². The van der Waals surface area contributed by atoms with E-state index in [1.165, 1.54) is 54.6 Å². The molecule has 186 valence electrons. The van der Waals surface area contributed by atoms with Crippen LogP contribution in [0.3, 0.4) is 0 Å². The molecule has 37 heavy (non-hydrogen) atoms. The summed E-state index contributed by atoms with van der Waals surface area (Å²) in [6.45, 7) is 0. The number of aromatic carboxylic acids is 3. The summed E-state index contributed by atoms with van der Waals surface area (Å²) in [5.74, 6) is -4.25. The molecule has 0 saturated carbocycles. The minimum Gasteiger partial charge on any atom is -0.545 e. The molecule has 0 amide bonds. The van der Waals surface area contributed by atoms with Crippen LogP contribution in [0.4, 0.5) is 17.1 Å². The standard InChI is InChI=1S/3C7H5NO4.Y/c3*9-7(10)5-2-1-3-6(4-5)8(11)12;/h3*1-4H,(H,9,10);/q;;;+3/p-3. The van der Waals surface area contributed by atoms with Crippen LogP contribution in [-0.2, 0) is 32.7 Å². The third-order valence-electron chi connectivity index (χ3n) is 3.88. The average Bonchev–Trinajstić information content (AvgIpc) is 2.85. The second-order valence-corrected chi connectivity index (χ2v) is 6.28. The van der Waals surface area contributed by atoms with Crippen LogP contribution in [0.5, 0.6) is 0 Å². The van der Waals surface area contributed by atoms with E-state index in [0.29, 0.717) is 0 Å². The van der Waals surface area contributed by atoms with E-state index in [0.717, 1.165) is 18.2 Å². The fraction of sp³-hybridized carbons (Fsp3) is 0. The molecule has 0 aliphatic rings. The molecule has 0 N–H and O–H groups in total. The molecule has 0 aliphatic heterocycles. The summed E-state index contributed by atoms with van der Waals surface area (Å²) in [5.41, 5.74) is -1.33. The molecule has 0 atom stereocenters. The van der Waals surface area contributed by atoms with Crippen molar-refractivity contribution in [2.45, 2.75) is 0 Å².